The first-order chi connectivity index (χ1) is 6.49. The summed E-state index contributed by atoms with van der Waals surface area (Å²) in [4.78, 5) is 0. The second-order valence-corrected chi connectivity index (χ2v) is 4.45. The zero-order valence-corrected chi connectivity index (χ0v) is 8.26. The average Bonchev–Trinajstić information content (AvgIpc) is 2.14. The van der Waals surface area contributed by atoms with E-state index >= 15 is 0 Å². The second kappa shape index (κ2) is 4.50. The SMILES string of the molecule is O=S(=O)(O)CCC(O)[n+]1ccccc1. The van der Waals surface area contributed by atoms with Gasteiger partial charge in [0.2, 0.25) is 0 Å². The number of hydrogen-bond donors (Lipinski definition) is 2. The minimum atomic E-state index is -4.00. The predicted molar refractivity (Wildman–Crippen MR) is 48.9 cm³/mol. The molecule has 0 aliphatic heterocycles. The molecule has 6 heteroatoms. The van der Waals surface area contributed by atoms with E-state index < -0.39 is 22.1 Å². The van der Waals surface area contributed by atoms with Crippen LogP contribution in [0.15, 0.2) is 30.6 Å². The average molecular weight is 218 g/mol. The first-order valence-electron chi connectivity index (χ1n) is 4.08. The number of aliphatic hydroxyl groups is 1. The Morgan fingerprint density at radius 3 is 2.29 bits per heavy atom. The highest BCUT2D eigenvalue weighted by atomic mass is 32.2. The summed E-state index contributed by atoms with van der Waals surface area (Å²) < 4.78 is 30.7. The standard InChI is InChI=1S/C8H11NO4S/c10-8(4-7-14(11,12)13)9-5-2-1-3-6-9/h1-3,5-6,8,10H,4,7H2/p+1. The Bertz CT molecular complexity index is 376. The maximum Gasteiger partial charge on any atom is 0.265 e. The molecule has 5 nitrogen and oxygen atoms in total. The Balaban J connectivity index is 2.56. The summed E-state index contributed by atoms with van der Waals surface area (Å²) in [7, 11) is -4.00. The van der Waals surface area contributed by atoms with Crippen LogP contribution in [0.2, 0.25) is 0 Å². The molecule has 14 heavy (non-hydrogen) atoms. The lowest BCUT2D eigenvalue weighted by molar-refractivity contribution is -0.759. The highest BCUT2D eigenvalue weighted by molar-refractivity contribution is 7.85. The normalized spacial score (nSPS) is 13.9. The van der Waals surface area contributed by atoms with Crippen LogP contribution in [0.1, 0.15) is 12.6 Å². The number of aromatic nitrogens is 1. The summed E-state index contributed by atoms with van der Waals surface area (Å²) in [5.74, 6) is -0.448. The predicted octanol–water partition coefficient (Wildman–Crippen LogP) is -0.257. The van der Waals surface area contributed by atoms with Gasteiger partial charge in [-0.15, -0.1) is 0 Å². The van der Waals surface area contributed by atoms with Gasteiger partial charge in [0.05, 0.1) is 12.2 Å². The molecule has 0 radical (unpaired) electrons. The summed E-state index contributed by atoms with van der Waals surface area (Å²) >= 11 is 0. The minimum Gasteiger partial charge on any atom is -0.337 e. The van der Waals surface area contributed by atoms with Crippen molar-refractivity contribution in [3.05, 3.63) is 30.6 Å². The van der Waals surface area contributed by atoms with Gasteiger partial charge in [-0.3, -0.25) is 4.55 Å². The van der Waals surface area contributed by atoms with E-state index in [9.17, 15) is 13.5 Å². The van der Waals surface area contributed by atoms with E-state index in [1.54, 1.807) is 30.6 Å². The van der Waals surface area contributed by atoms with Crippen molar-refractivity contribution in [2.75, 3.05) is 5.75 Å². The van der Waals surface area contributed by atoms with Crippen molar-refractivity contribution in [3.8, 4) is 0 Å². The number of rotatable bonds is 4. The zero-order valence-electron chi connectivity index (χ0n) is 7.44. The van der Waals surface area contributed by atoms with Crippen molar-refractivity contribution in [3.63, 3.8) is 0 Å². The highest BCUT2D eigenvalue weighted by Gasteiger charge is 2.16. The molecular weight excluding hydrogens is 206 g/mol. The number of hydrogen-bond acceptors (Lipinski definition) is 3. The molecule has 1 unspecified atom stereocenters. The largest absolute Gasteiger partial charge is 0.337 e. The van der Waals surface area contributed by atoms with Crippen LogP contribution in [0.4, 0.5) is 0 Å². The quantitative estimate of drug-likeness (QED) is 0.539. The summed E-state index contributed by atoms with van der Waals surface area (Å²) in [6.07, 6.45) is 2.27. The van der Waals surface area contributed by atoms with Gasteiger partial charge >= 0.3 is 0 Å². The third kappa shape index (κ3) is 3.82. The fourth-order valence-corrected chi connectivity index (χ4v) is 1.52. The van der Waals surface area contributed by atoms with Crippen molar-refractivity contribution in [2.24, 2.45) is 0 Å². The van der Waals surface area contributed by atoms with Crippen molar-refractivity contribution in [1.82, 2.24) is 0 Å². The third-order valence-corrected chi connectivity index (χ3v) is 2.47. The van der Waals surface area contributed by atoms with E-state index in [1.807, 2.05) is 0 Å². The van der Waals surface area contributed by atoms with Gasteiger partial charge < -0.3 is 5.11 Å². The Kier molecular flexibility index (Phi) is 3.56. The molecule has 0 bridgehead atoms. The van der Waals surface area contributed by atoms with Crippen LogP contribution in [-0.2, 0) is 10.1 Å². The van der Waals surface area contributed by atoms with Crippen LogP contribution < -0.4 is 4.57 Å². The van der Waals surface area contributed by atoms with Gasteiger partial charge in [-0.25, -0.2) is 0 Å². The number of aliphatic hydroxyl groups excluding tert-OH is 1. The van der Waals surface area contributed by atoms with E-state index in [0.29, 0.717) is 0 Å². The van der Waals surface area contributed by atoms with E-state index in [-0.39, 0.29) is 6.42 Å². The maximum atomic E-state index is 10.4. The molecule has 0 saturated carbocycles. The Labute approximate surface area is 82.4 Å². The van der Waals surface area contributed by atoms with Gasteiger partial charge in [-0.05, 0) is 0 Å². The van der Waals surface area contributed by atoms with Crippen molar-refractivity contribution in [1.29, 1.82) is 0 Å². The Hall–Kier alpha value is -0.980. The molecule has 1 aromatic heterocycles. The summed E-state index contributed by atoms with van der Waals surface area (Å²) in [6, 6.07) is 5.22. The van der Waals surface area contributed by atoms with Crippen LogP contribution in [0.3, 0.4) is 0 Å². The lowest BCUT2D eigenvalue weighted by atomic mass is 10.4. The molecule has 1 aromatic rings. The van der Waals surface area contributed by atoms with Crippen molar-refractivity contribution in [2.45, 2.75) is 12.6 Å². The Morgan fingerprint density at radius 2 is 1.79 bits per heavy atom. The van der Waals surface area contributed by atoms with E-state index in [1.165, 1.54) is 4.57 Å². The monoisotopic (exact) mass is 218 g/mol. The maximum absolute atomic E-state index is 10.4. The van der Waals surface area contributed by atoms with Crippen LogP contribution in [0.25, 0.3) is 0 Å². The molecule has 0 aliphatic rings. The lowest BCUT2D eigenvalue weighted by Crippen LogP contribution is -2.39. The van der Waals surface area contributed by atoms with Gasteiger partial charge in [0.1, 0.15) is 0 Å². The molecule has 1 heterocycles. The zero-order chi connectivity index (χ0) is 10.6. The van der Waals surface area contributed by atoms with Gasteiger partial charge in [0, 0.05) is 12.1 Å². The van der Waals surface area contributed by atoms with Crippen LogP contribution in [0, 0.1) is 0 Å². The van der Waals surface area contributed by atoms with Gasteiger partial charge in [-0.2, -0.15) is 13.0 Å². The molecule has 0 aromatic carbocycles. The molecule has 2 N–H and O–H groups in total. The fourth-order valence-electron chi connectivity index (χ4n) is 1.01. The van der Waals surface area contributed by atoms with Gasteiger partial charge in [0.15, 0.2) is 12.4 Å². The van der Waals surface area contributed by atoms with Crippen molar-refractivity contribution < 1.29 is 22.6 Å². The van der Waals surface area contributed by atoms with E-state index in [0.717, 1.165) is 0 Å². The van der Waals surface area contributed by atoms with E-state index in [4.69, 9.17) is 4.55 Å². The number of pyridine rings is 1. The summed E-state index contributed by atoms with van der Waals surface area (Å²) in [6.45, 7) is 0. The Morgan fingerprint density at radius 1 is 1.21 bits per heavy atom. The van der Waals surface area contributed by atoms with Gasteiger partial charge in [0.25, 0.3) is 16.3 Å². The van der Waals surface area contributed by atoms with Crippen LogP contribution in [-0.4, -0.2) is 23.8 Å². The summed E-state index contributed by atoms with van der Waals surface area (Å²) in [5.41, 5.74) is 0. The molecule has 1 atom stereocenters. The van der Waals surface area contributed by atoms with Crippen LogP contribution >= 0.6 is 0 Å². The molecule has 78 valence electrons. The third-order valence-electron chi connectivity index (χ3n) is 1.72. The van der Waals surface area contributed by atoms with Gasteiger partial charge in [-0.1, -0.05) is 6.07 Å². The smallest absolute Gasteiger partial charge is 0.265 e. The van der Waals surface area contributed by atoms with Crippen LogP contribution in [0.5, 0.6) is 0 Å². The lowest BCUT2D eigenvalue weighted by Gasteiger charge is -2.03. The number of nitrogens with zero attached hydrogens (tertiary/aromatic N) is 1. The second-order valence-electron chi connectivity index (χ2n) is 2.88. The molecule has 0 spiro atoms. The summed E-state index contributed by atoms with van der Waals surface area (Å²) in [5, 5.41) is 9.47. The molecule has 0 aliphatic carbocycles. The molecular formula is C8H12NO4S+. The topological polar surface area (TPSA) is 78.5 Å². The fraction of sp³-hybridized carbons (Fsp3) is 0.375. The highest BCUT2D eigenvalue weighted by Crippen LogP contribution is 1.99. The molecule has 1 rings (SSSR count). The van der Waals surface area contributed by atoms with E-state index in [2.05, 4.69) is 0 Å². The minimum absolute atomic E-state index is 0.0342. The first-order valence-corrected chi connectivity index (χ1v) is 5.69. The molecule has 0 fully saturated rings. The van der Waals surface area contributed by atoms with Crippen molar-refractivity contribution >= 4 is 10.1 Å². The molecule has 0 saturated heterocycles. The molecule has 0 amide bonds. The first kappa shape index (κ1) is 11.1.